The van der Waals surface area contributed by atoms with Gasteiger partial charge in [-0.1, -0.05) is 11.6 Å². The number of likely N-dealkylation sites (tertiary alicyclic amines) is 1. The summed E-state index contributed by atoms with van der Waals surface area (Å²) in [5, 5.41) is 3.26. The molecule has 1 atom stereocenters. The molecule has 2 aliphatic heterocycles. The van der Waals surface area contributed by atoms with Crippen molar-refractivity contribution in [2.24, 2.45) is 5.92 Å². The van der Waals surface area contributed by atoms with E-state index in [1.807, 2.05) is 26.2 Å². The van der Waals surface area contributed by atoms with Crippen LogP contribution in [0.2, 0.25) is 5.02 Å². The number of H-pyrrole nitrogens is 1. The zero-order chi connectivity index (χ0) is 28.0. The number of pyridine rings is 1. The third kappa shape index (κ3) is 5.75. The van der Waals surface area contributed by atoms with Gasteiger partial charge in [0.15, 0.2) is 11.5 Å². The molecule has 2 aromatic rings. The molecule has 216 valence electrons. The van der Waals surface area contributed by atoms with E-state index in [9.17, 15) is 9.59 Å². The van der Waals surface area contributed by atoms with Gasteiger partial charge in [0.05, 0.1) is 17.2 Å². The van der Waals surface area contributed by atoms with Gasteiger partial charge in [0, 0.05) is 53.0 Å². The SMILES string of the molecule is CSc1cc(C)[nH]c(=O)c1CNC(=O)c1cc(Cl)c2c(c1C)O[C@H]([C@H]1CC[C@H](N3CC(OC4CC4)C3)CC1)CO2. The van der Waals surface area contributed by atoms with Crippen molar-refractivity contribution in [2.75, 3.05) is 26.0 Å². The fraction of sp³-hybridized carbons (Fsp3) is 0.600. The van der Waals surface area contributed by atoms with Gasteiger partial charge in [0.2, 0.25) is 0 Å². The van der Waals surface area contributed by atoms with Crippen LogP contribution in [-0.2, 0) is 11.3 Å². The number of benzene rings is 1. The molecule has 6 rings (SSSR count). The summed E-state index contributed by atoms with van der Waals surface area (Å²) in [7, 11) is 0. The summed E-state index contributed by atoms with van der Waals surface area (Å²) in [4.78, 5) is 32.0. The van der Waals surface area contributed by atoms with Crippen molar-refractivity contribution < 1.29 is 19.0 Å². The van der Waals surface area contributed by atoms with Crippen molar-refractivity contribution in [3.63, 3.8) is 0 Å². The van der Waals surface area contributed by atoms with Crippen LogP contribution >= 0.6 is 23.4 Å². The number of aromatic amines is 1. The lowest BCUT2D eigenvalue weighted by Gasteiger charge is -2.47. The first-order valence-corrected chi connectivity index (χ1v) is 16.0. The summed E-state index contributed by atoms with van der Waals surface area (Å²) in [6.45, 7) is 6.43. The summed E-state index contributed by atoms with van der Waals surface area (Å²) in [6, 6.07) is 4.17. The van der Waals surface area contributed by atoms with Gasteiger partial charge in [-0.25, -0.2) is 0 Å². The van der Waals surface area contributed by atoms with Gasteiger partial charge >= 0.3 is 0 Å². The summed E-state index contributed by atoms with van der Waals surface area (Å²) >= 11 is 8.05. The van der Waals surface area contributed by atoms with E-state index in [0.29, 0.717) is 64.0 Å². The maximum atomic E-state index is 13.3. The molecule has 40 heavy (non-hydrogen) atoms. The Morgan fingerprint density at radius 2 is 1.88 bits per heavy atom. The van der Waals surface area contributed by atoms with Crippen LogP contribution in [0.25, 0.3) is 0 Å². The fourth-order valence-electron chi connectivity index (χ4n) is 6.27. The summed E-state index contributed by atoms with van der Waals surface area (Å²) < 4.78 is 18.7. The monoisotopic (exact) mass is 587 g/mol. The number of nitrogens with zero attached hydrogens (tertiary/aromatic N) is 1. The number of aromatic nitrogens is 1. The molecule has 1 saturated heterocycles. The third-order valence-corrected chi connectivity index (χ3v) is 9.87. The topological polar surface area (TPSA) is 92.9 Å². The van der Waals surface area contributed by atoms with E-state index in [4.69, 9.17) is 25.8 Å². The molecule has 4 aliphatic rings. The van der Waals surface area contributed by atoms with Crippen LogP contribution in [-0.4, -0.2) is 66.1 Å². The lowest BCUT2D eigenvalue weighted by Crippen LogP contribution is -2.57. The zero-order valence-electron chi connectivity index (χ0n) is 23.4. The molecule has 0 spiro atoms. The predicted octanol–water partition coefficient (Wildman–Crippen LogP) is 4.86. The van der Waals surface area contributed by atoms with Crippen molar-refractivity contribution >= 4 is 29.3 Å². The van der Waals surface area contributed by atoms with Gasteiger partial charge in [-0.3, -0.25) is 14.5 Å². The van der Waals surface area contributed by atoms with Crippen molar-refractivity contribution in [2.45, 2.75) is 88.2 Å². The van der Waals surface area contributed by atoms with Crippen LogP contribution in [0.15, 0.2) is 21.8 Å². The van der Waals surface area contributed by atoms with Crippen molar-refractivity contribution in [1.82, 2.24) is 15.2 Å². The number of amides is 1. The first kappa shape index (κ1) is 27.9. The molecule has 1 aromatic carbocycles. The van der Waals surface area contributed by atoms with Gasteiger partial charge in [0.1, 0.15) is 12.7 Å². The van der Waals surface area contributed by atoms with Gasteiger partial charge in [-0.2, -0.15) is 0 Å². The van der Waals surface area contributed by atoms with E-state index >= 15 is 0 Å². The van der Waals surface area contributed by atoms with E-state index in [1.54, 1.807) is 6.07 Å². The summed E-state index contributed by atoms with van der Waals surface area (Å²) in [6.07, 6.45) is 9.78. The number of hydrogen-bond donors (Lipinski definition) is 2. The molecule has 3 heterocycles. The average Bonchev–Trinajstić information content (AvgIpc) is 3.75. The van der Waals surface area contributed by atoms with Crippen LogP contribution in [0.5, 0.6) is 11.5 Å². The van der Waals surface area contributed by atoms with Crippen molar-refractivity contribution in [3.05, 3.63) is 49.9 Å². The molecule has 1 amide bonds. The molecule has 0 bridgehead atoms. The molecular weight excluding hydrogens is 550 g/mol. The minimum atomic E-state index is -0.307. The number of thioether (sulfide) groups is 1. The van der Waals surface area contributed by atoms with E-state index in [0.717, 1.165) is 49.4 Å². The Morgan fingerprint density at radius 3 is 2.58 bits per heavy atom. The molecule has 8 nitrogen and oxygen atoms in total. The number of fused-ring (bicyclic) bond motifs is 1. The number of ether oxygens (including phenoxy) is 3. The number of halogens is 1. The summed E-state index contributed by atoms with van der Waals surface area (Å²) in [5.74, 6) is 1.15. The normalized spacial score (nSPS) is 24.9. The largest absolute Gasteiger partial charge is 0.484 e. The highest BCUT2D eigenvalue weighted by Gasteiger charge is 2.40. The Labute approximate surface area is 244 Å². The zero-order valence-corrected chi connectivity index (χ0v) is 25.0. The van der Waals surface area contributed by atoms with Crippen LogP contribution in [0.3, 0.4) is 0 Å². The number of hydrogen-bond acceptors (Lipinski definition) is 7. The first-order chi connectivity index (χ1) is 19.3. The Bertz CT molecular complexity index is 1330. The average molecular weight is 588 g/mol. The second-order valence-corrected chi connectivity index (χ2v) is 12.9. The van der Waals surface area contributed by atoms with Gasteiger partial charge in [-0.15, -0.1) is 11.8 Å². The molecule has 10 heteroatoms. The maximum absolute atomic E-state index is 13.3. The van der Waals surface area contributed by atoms with E-state index in [-0.39, 0.29) is 24.1 Å². The van der Waals surface area contributed by atoms with E-state index < -0.39 is 0 Å². The number of nitrogens with one attached hydrogen (secondary N) is 2. The van der Waals surface area contributed by atoms with Crippen LogP contribution in [0.1, 0.15) is 65.7 Å². The van der Waals surface area contributed by atoms with Crippen LogP contribution in [0, 0.1) is 19.8 Å². The molecule has 3 fully saturated rings. The molecule has 2 aliphatic carbocycles. The highest BCUT2D eigenvalue weighted by molar-refractivity contribution is 7.98. The minimum absolute atomic E-state index is 0.0703. The fourth-order valence-corrected chi connectivity index (χ4v) is 7.22. The molecule has 2 saturated carbocycles. The van der Waals surface area contributed by atoms with E-state index in [1.165, 1.54) is 24.6 Å². The number of rotatable bonds is 8. The van der Waals surface area contributed by atoms with Gasteiger partial charge in [-0.05, 0) is 76.7 Å². The van der Waals surface area contributed by atoms with Crippen LogP contribution < -0.4 is 20.3 Å². The lowest BCUT2D eigenvalue weighted by molar-refractivity contribution is -0.0888. The molecule has 2 N–H and O–H groups in total. The second kappa shape index (κ2) is 11.6. The first-order valence-electron chi connectivity index (χ1n) is 14.4. The molecule has 0 radical (unpaired) electrons. The van der Waals surface area contributed by atoms with E-state index in [2.05, 4.69) is 15.2 Å². The number of carbonyl (C=O) groups excluding carboxylic acids is 1. The minimum Gasteiger partial charge on any atom is -0.484 e. The Hall–Kier alpha value is -2.20. The Kier molecular flexibility index (Phi) is 8.09. The maximum Gasteiger partial charge on any atom is 0.254 e. The Morgan fingerprint density at radius 1 is 1.12 bits per heavy atom. The van der Waals surface area contributed by atoms with Crippen LogP contribution in [0.4, 0.5) is 0 Å². The predicted molar refractivity (Wildman–Crippen MR) is 156 cm³/mol. The lowest BCUT2D eigenvalue weighted by atomic mass is 9.81. The third-order valence-electron chi connectivity index (χ3n) is 8.79. The quantitative estimate of drug-likeness (QED) is 0.426. The standard InChI is InChI=1S/C30H38ClN3O5S/c1-16-10-26(40-3)23(30(36)33-16)12-32-29(35)22-11-24(31)28-27(17(22)2)39-25(15-37-28)18-4-6-19(7-5-18)34-13-21(14-34)38-20-8-9-20/h10-11,18-21,25H,4-9,12-15H2,1-3H3,(H,32,35)(H,33,36)/t18-,19-,25-/m0/s1. The smallest absolute Gasteiger partial charge is 0.254 e. The summed E-state index contributed by atoms with van der Waals surface area (Å²) in [5.41, 5.74) is 2.24. The van der Waals surface area contributed by atoms with Crippen molar-refractivity contribution in [1.29, 1.82) is 0 Å². The van der Waals surface area contributed by atoms with Gasteiger partial charge < -0.3 is 24.5 Å². The van der Waals surface area contributed by atoms with Crippen molar-refractivity contribution in [3.8, 4) is 11.5 Å². The molecule has 0 unspecified atom stereocenters. The Balaban J connectivity index is 1.08. The number of aryl methyl sites for hydroxylation is 1. The molecular formula is C30H38ClN3O5S. The highest BCUT2D eigenvalue weighted by atomic mass is 35.5. The highest BCUT2D eigenvalue weighted by Crippen LogP contribution is 2.45. The number of carbonyl (C=O) groups is 1. The molecule has 1 aromatic heterocycles. The van der Waals surface area contributed by atoms with Gasteiger partial charge in [0.25, 0.3) is 11.5 Å². The second-order valence-electron chi connectivity index (χ2n) is 11.6.